The molecule has 4 heteroatoms. The van der Waals surface area contributed by atoms with Gasteiger partial charge in [0.1, 0.15) is 0 Å². The molecule has 3 rings (SSSR count). The van der Waals surface area contributed by atoms with Gasteiger partial charge in [-0.15, -0.1) is 0 Å². The fourth-order valence-electron chi connectivity index (χ4n) is 3.49. The number of hydrogen-bond donors (Lipinski definition) is 1. The maximum atomic E-state index is 6.30. The van der Waals surface area contributed by atoms with Gasteiger partial charge in [-0.1, -0.05) is 48.9 Å². The van der Waals surface area contributed by atoms with Crippen LogP contribution >= 0.6 is 23.8 Å². The predicted octanol–water partition coefficient (Wildman–Crippen LogP) is 5.03. The third-order valence-corrected chi connectivity index (χ3v) is 5.01. The van der Waals surface area contributed by atoms with E-state index in [9.17, 15) is 0 Å². The molecule has 22 heavy (non-hydrogen) atoms. The van der Waals surface area contributed by atoms with E-state index in [4.69, 9.17) is 23.8 Å². The smallest absolute Gasteiger partial charge is 0.174 e. The van der Waals surface area contributed by atoms with Crippen molar-refractivity contribution in [2.75, 3.05) is 11.9 Å². The molecule has 0 aromatic heterocycles. The van der Waals surface area contributed by atoms with Crippen LogP contribution in [0.5, 0.6) is 0 Å². The highest BCUT2D eigenvalue weighted by Gasteiger charge is 2.44. The molecule has 0 spiro atoms. The maximum absolute atomic E-state index is 6.30. The van der Waals surface area contributed by atoms with Crippen LogP contribution in [-0.2, 0) is 5.54 Å². The molecule has 0 radical (unpaired) electrons. The molecule has 114 valence electrons. The van der Waals surface area contributed by atoms with Crippen molar-refractivity contribution in [1.29, 1.82) is 0 Å². The Morgan fingerprint density at radius 1 is 1.14 bits per heavy atom. The molecular formula is C18H19ClN2S. The van der Waals surface area contributed by atoms with Gasteiger partial charge in [0.05, 0.1) is 5.54 Å². The number of thiocarbonyl (C=S) groups is 1. The second-order valence-corrected chi connectivity index (χ2v) is 6.27. The van der Waals surface area contributed by atoms with Gasteiger partial charge < -0.3 is 10.2 Å². The Kier molecular flexibility index (Phi) is 4.11. The standard InChI is InChI=1S/C18H19ClN2S/c1-3-18(13-8-6-5-7-9-13)15-12-14(19)10-11-16(15)20-17(22)21(18)4-2/h5-12H,3-4H2,1-2H3,(H,20,22). The van der Waals surface area contributed by atoms with Crippen molar-refractivity contribution >= 4 is 34.6 Å². The molecule has 0 amide bonds. The minimum Gasteiger partial charge on any atom is -0.335 e. The lowest BCUT2D eigenvalue weighted by atomic mass is 9.77. The lowest BCUT2D eigenvalue weighted by molar-refractivity contribution is 0.220. The predicted molar refractivity (Wildman–Crippen MR) is 97.6 cm³/mol. The number of halogens is 1. The Bertz CT molecular complexity index is 701. The highest BCUT2D eigenvalue weighted by atomic mass is 35.5. The van der Waals surface area contributed by atoms with Gasteiger partial charge in [-0.2, -0.15) is 0 Å². The number of fused-ring (bicyclic) bond motifs is 1. The molecule has 1 heterocycles. The van der Waals surface area contributed by atoms with Crippen LogP contribution in [0, 0.1) is 0 Å². The third kappa shape index (κ3) is 2.20. The Hall–Kier alpha value is -1.58. The number of nitrogens with one attached hydrogen (secondary N) is 1. The minimum absolute atomic E-state index is 0.279. The van der Waals surface area contributed by atoms with E-state index in [1.54, 1.807) is 0 Å². The first-order valence-electron chi connectivity index (χ1n) is 7.57. The van der Waals surface area contributed by atoms with Gasteiger partial charge in [0.15, 0.2) is 5.11 Å². The zero-order valence-electron chi connectivity index (χ0n) is 12.8. The minimum atomic E-state index is -0.279. The lowest BCUT2D eigenvalue weighted by Gasteiger charge is -2.49. The van der Waals surface area contributed by atoms with E-state index in [1.807, 2.05) is 18.2 Å². The molecule has 1 atom stereocenters. The van der Waals surface area contributed by atoms with E-state index in [-0.39, 0.29) is 5.54 Å². The van der Waals surface area contributed by atoms with E-state index in [0.29, 0.717) is 0 Å². The van der Waals surface area contributed by atoms with Gasteiger partial charge in [-0.25, -0.2) is 0 Å². The van der Waals surface area contributed by atoms with Crippen LogP contribution in [0.4, 0.5) is 5.69 Å². The summed E-state index contributed by atoms with van der Waals surface area (Å²) in [6.45, 7) is 5.17. The maximum Gasteiger partial charge on any atom is 0.174 e. The molecule has 0 bridgehead atoms. The number of benzene rings is 2. The molecule has 1 N–H and O–H groups in total. The molecule has 0 saturated carbocycles. The van der Waals surface area contributed by atoms with Gasteiger partial charge in [-0.05, 0) is 49.3 Å². The van der Waals surface area contributed by atoms with E-state index in [0.717, 1.165) is 28.8 Å². The average molecular weight is 331 g/mol. The quantitative estimate of drug-likeness (QED) is 0.795. The van der Waals surface area contributed by atoms with Crippen molar-refractivity contribution in [3.8, 4) is 0 Å². The van der Waals surface area contributed by atoms with Crippen molar-refractivity contribution in [3.05, 3.63) is 64.7 Å². The zero-order chi connectivity index (χ0) is 15.7. The summed E-state index contributed by atoms with van der Waals surface area (Å²) in [7, 11) is 0. The second-order valence-electron chi connectivity index (χ2n) is 5.44. The van der Waals surface area contributed by atoms with Gasteiger partial charge in [-0.3, -0.25) is 0 Å². The summed E-state index contributed by atoms with van der Waals surface area (Å²) in [5.74, 6) is 0. The molecule has 2 aromatic rings. The van der Waals surface area contributed by atoms with Crippen molar-refractivity contribution < 1.29 is 0 Å². The van der Waals surface area contributed by atoms with E-state index in [2.05, 4.69) is 54.4 Å². The molecule has 0 saturated heterocycles. The van der Waals surface area contributed by atoms with Gasteiger partial charge in [0.25, 0.3) is 0 Å². The Morgan fingerprint density at radius 2 is 1.86 bits per heavy atom. The Labute approximate surface area is 142 Å². The monoisotopic (exact) mass is 330 g/mol. The molecule has 0 fully saturated rings. The van der Waals surface area contributed by atoms with Crippen LogP contribution in [0.3, 0.4) is 0 Å². The molecule has 2 aromatic carbocycles. The van der Waals surface area contributed by atoms with Crippen molar-refractivity contribution in [2.24, 2.45) is 0 Å². The number of hydrogen-bond acceptors (Lipinski definition) is 1. The summed E-state index contributed by atoms with van der Waals surface area (Å²) >= 11 is 11.9. The topological polar surface area (TPSA) is 15.3 Å². The third-order valence-electron chi connectivity index (χ3n) is 4.45. The largest absolute Gasteiger partial charge is 0.335 e. The summed E-state index contributed by atoms with van der Waals surface area (Å²) in [5.41, 5.74) is 3.19. The Morgan fingerprint density at radius 3 is 2.50 bits per heavy atom. The molecule has 1 aliphatic heterocycles. The van der Waals surface area contributed by atoms with Gasteiger partial charge in [0, 0.05) is 22.8 Å². The fourth-order valence-corrected chi connectivity index (χ4v) is 4.06. The van der Waals surface area contributed by atoms with Crippen LogP contribution in [0.2, 0.25) is 5.02 Å². The Balaban J connectivity index is 2.33. The SMILES string of the molecule is CCN1C(=S)Nc2ccc(Cl)cc2C1(CC)c1ccccc1. The van der Waals surface area contributed by atoms with E-state index >= 15 is 0 Å². The van der Waals surface area contributed by atoms with Gasteiger partial charge in [0.2, 0.25) is 0 Å². The van der Waals surface area contributed by atoms with Crippen LogP contribution in [-0.4, -0.2) is 16.6 Å². The molecule has 2 nitrogen and oxygen atoms in total. The average Bonchev–Trinajstić information content (AvgIpc) is 2.55. The van der Waals surface area contributed by atoms with E-state index < -0.39 is 0 Å². The number of anilines is 1. The summed E-state index contributed by atoms with van der Waals surface area (Å²) in [6, 6.07) is 16.5. The van der Waals surface area contributed by atoms with Crippen molar-refractivity contribution in [1.82, 2.24) is 4.90 Å². The molecule has 1 aliphatic rings. The number of rotatable bonds is 3. The first-order chi connectivity index (χ1) is 10.6. The van der Waals surface area contributed by atoms with E-state index in [1.165, 1.54) is 11.1 Å². The summed E-state index contributed by atoms with van der Waals surface area (Å²) in [5, 5.41) is 4.86. The highest BCUT2D eigenvalue weighted by molar-refractivity contribution is 7.80. The fraction of sp³-hybridized carbons (Fsp3) is 0.278. The van der Waals surface area contributed by atoms with Crippen LogP contribution < -0.4 is 5.32 Å². The molecular weight excluding hydrogens is 312 g/mol. The second kappa shape index (κ2) is 5.90. The van der Waals surface area contributed by atoms with Crippen LogP contribution in [0.25, 0.3) is 0 Å². The first kappa shape index (κ1) is 15.3. The normalized spacial score (nSPS) is 20.5. The zero-order valence-corrected chi connectivity index (χ0v) is 14.3. The first-order valence-corrected chi connectivity index (χ1v) is 8.36. The van der Waals surface area contributed by atoms with Crippen molar-refractivity contribution in [3.63, 3.8) is 0 Å². The lowest BCUT2D eigenvalue weighted by Crippen LogP contribution is -2.54. The molecule has 1 unspecified atom stereocenters. The van der Waals surface area contributed by atoms with Gasteiger partial charge >= 0.3 is 0 Å². The highest BCUT2D eigenvalue weighted by Crippen LogP contribution is 2.46. The summed E-state index contributed by atoms with van der Waals surface area (Å²) < 4.78 is 0. The van der Waals surface area contributed by atoms with Crippen LogP contribution in [0.1, 0.15) is 31.4 Å². The molecule has 0 aliphatic carbocycles. The number of nitrogens with zero attached hydrogens (tertiary/aromatic N) is 1. The summed E-state index contributed by atoms with van der Waals surface area (Å²) in [6.07, 6.45) is 0.917. The van der Waals surface area contributed by atoms with Crippen LogP contribution in [0.15, 0.2) is 48.5 Å². The summed E-state index contributed by atoms with van der Waals surface area (Å²) in [4.78, 5) is 2.26. The van der Waals surface area contributed by atoms with Crippen molar-refractivity contribution in [2.45, 2.75) is 25.8 Å².